The Hall–Kier alpha value is -3.93. The number of likely N-dealkylation sites (tertiary alicyclic amines) is 1. The Morgan fingerprint density at radius 3 is 1.97 bits per heavy atom. The molecule has 1 heterocycles. The number of primary amides is 1. The average Bonchev–Trinajstić information content (AvgIpc) is 3.24. The first-order valence-corrected chi connectivity index (χ1v) is 11.5. The first-order chi connectivity index (χ1) is 16.5. The fourth-order valence-electron chi connectivity index (χ4n) is 4.65. The molecule has 0 bridgehead atoms. The van der Waals surface area contributed by atoms with Crippen LogP contribution in [0.5, 0.6) is 0 Å². The van der Waals surface area contributed by atoms with Gasteiger partial charge in [-0.15, -0.1) is 0 Å². The highest BCUT2D eigenvalue weighted by Crippen LogP contribution is 2.37. The molecule has 0 saturated carbocycles. The van der Waals surface area contributed by atoms with Crippen molar-refractivity contribution in [1.29, 1.82) is 0 Å². The van der Waals surface area contributed by atoms with E-state index < -0.39 is 17.4 Å². The van der Waals surface area contributed by atoms with Crippen molar-refractivity contribution >= 4 is 17.5 Å². The minimum absolute atomic E-state index is 0.185. The quantitative estimate of drug-likeness (QED) is 0.523. The van der Waals surface area contributed by atoms with Crippen LogP contribution in [0.15, 0.2) is 96.2 Å². The summed E-state index contributed by atoms with van der Waals surface area (Å²) in [5, 5.41) is 4.21. The van der Waals surface area contributed by atoms with Gasteiger partial charge in [0.1, 0.15) is 12.1 Å². The summed E-state index contributed by atoms with van der Waals surface area (Å²) in [6, 6.07) is 28.9. The second kappa shape index (κ2) is 10.3. The van der Waals surface area contributed by atoms with Crippen LogP contribution in [0.1, 0.15) is 36.0 Å². The molecule has 0 spiro atoms. The van der Waals surface area contributed by atoms with Crippen molar-refractivity contribution in [3.05, 3.63) is 108 Å². The van der Waals surface area contributed by atoms with Gasteiger partial charge in [-0.05, 0) is 23.6 Å². The maximum Gasteiger partial charge on any atom is 0.244 e. The van der Waals surface area contributed by atoms with E-state index in [0.29, 0.717) is 18.7 Å². The zero-order chi connectivity index (χ0) is 24.0. The predicted octanol–water partition coefficient (Wildman–Crippen LogP) is 3.91. The Bertz CT molecular complexity index is 1110. The van der Waals surface area contributed by atoms with E-state index in [-0.39, 0.29) is 18.9 Å². The second-order valence-electron chi connectivity index (χ2n) is 8.49. The summed E-state index contributed by atoms with van der Waals surface area (Å²) >= 11 is 0. The molecule has 1 aliphatic heterocycles. The number of nitrogens with two attached hydrogens (primary N) is 1. The van der Waals surface area contributed by atoms with E-state index in [4.69, 9.17) is 10.6 Å². The van der Waals surface area contributed by atoms with Crippen molar-refractivity contribution in [3.8, 4) is 0 Å². The molecule has 1 unspecified atom stereocenters. The van der Waals surface area contributed by atoms with Crippen LogP contribution in [-0.2, 0) is 20.8 Å². The van der Waals surface area contributed by atoms with Crippen LogP contribution in [0.4, 0.5) is 0 Å². The number of nitrogens with zero attached hydrogens (tertiary/aromatic N) is 2. The number of hydrogen-bond donors (Lipinski definition) is 1. The third kappa shape index (κ3) is 4.71. The Kier molecular flexibility index (Phi) is 7.07. The molecule has 6 nitrogen and oxygen atoms in total. The van der Waals surface area contributed by atoms with E-state index in [1.54, 1.807) is 4.90 Å². The fraction of sp³-hybridized carbons (Fsp3) is 0.250. The van der Waals surface area contributed by atoms with Crippen molar-refractivity contribution < 1.29 is 14.4 Å². The smallest absolute Gasteiger partial charge is 0.244 e. The van der Waals surface area contributed by atoms with Gasteiger partial charge in [0.15, 0.2) is 0 Å². The standard InChI is InChI=1S/C28H29N3O3/c1-2-34-30-24-19-28(27(29)33,18-21-12-6-3-7-13-21)31(20-24)26(32)25(22-14-8-4-9-15-22)23-16-10-5-11-17-23/h3-17,25H,2,18-20H2,1H3,(H2,29,33). The molecule has 1 atom stereocenters. The van der Waals surface area contributed by atoms with E-state index in [2.05, 4.69) is 5.16 Å². The van der Waals surface area contributed by atoms with Gasteiger partial charge in [-0.2, -0.15) is 0 Å². The summed E-state index contributed by atoms with van der Waals surface area (Å²) in [7, 11) is 0. The Morgan fingerprint density at radius 1 is 0.941 bits per heavy atom. The lowest BCUT2D eigenvalue weighted by Crippen LogP contribution is -2.58. The van der Waals surface area contributed by atoms with Crippen molar-refractivity contribution in [2.45, 2.75) is 31.2 Å². The van der Waals surface area contributed by atoms with Crippen LogP contribution in [0.3, 0.4) is 0 Å². The third-order valence-corrected chi connectivity index (χ3v) is 6.25. The zero-order valence-electron chi connectivity index (χ0n) is 19.3. The molecule has 1 saturated heterocycles. The molecule has 174 valence electrons. The number of benzene rings is 3. The lowest BCUT2D eigenvalue weighted by atomic mass is 9.84. The third-order valence-electron chi connectivity index (χ3n) is 6.25. The molecule has 3 aromatic carbocycles. The zero-order valence-corrected chi connectivity index (χ0v) is 19.3. The van der Waals surface area contributed by atoms with Gasteiger partial charge in [-0.1, -0.05) is 96.2 Å². The van der Waals surface area contributed by atoms with Crippen LogP contribution in [0.2, 0.25) is 0 Å². The van der Waals surface area contributed by atoms with Gasteiger partial charge >= 0.3 is 0 Å². The predicted molar refractivity (Wildman–Crippen MR) is 132 cm³/mol. The van der Waals surface area contributed by atoms with Crippen molar-refractivity contribution in [2.75, 3.05) is 13.2 Å². The average molecular weight is 456 g/mol. The lowest BCUT2D eigenvalue weighted by Gasteiger charge is -2.37. The van der Waals surface area contributed by atoms with E-state index in [9.17, 15) is 9.59 Å². The van der Waals surface area contributed by atoms with Gasteiger partial charge < -0.3 is 15.5 Å². The van der Waals surface area contributed by atoms with Crippen molar-refractivity contribution in [3.63, 3.8) is 0 Å². The Morgan fingerprint density at radius 2 is 1.47 bits per heavy atom. The maximum atomic E-state index is 14.3. The minimum Gasteiger partial charge on any atom is -0.396 e. The van der Waals surface area contributed by atoms with Crippen LogP contribution >= 0.6 is 0 Å². The van der Waals surface area contributed by atoms with Crippen LogP contribution in [-0.4, -0.2) is 41.1 Å². The summed E-state index contributed by atoms with van der Waals surface area (Å²) in [5.74, 6) is -1.32. The maximum absolute atomic E-state index is 14.3. The second-order valence-corrected chi connectivity index (χ2v) is 8.49. The molecule has 2 N–H and O–H groups in total. The molecule has 3 aromatic rings. The molecular formula is C28H29N3O3. The van der Waals surface area contributed by atoms with Crippen LogP contribution in [0, 0.1) is 0 Å². The molecule has 1 fully saturated rings. The van der Waals surface area contributed by atoms with E-state index in [0.717, 1.165) is 16.7 Å². The lowest BCUT2D eigenvalue weighted by molar-refractivity contribution is -0.144. The largest absolute Gasteiger partial charge is 0.396 e. The van der Waals surface area contributed by atoms with E-state index >= 15 is 0 Å². The van der Waals surface area contributed by atoms with Crippen molar-refractivity contribution in [1.82, 2.24) is 4.90 Å². The van der Waals surface area contributed by atoms with Crippen LogP contribution in [0.25, 0.3) is 0 Å². The number of hydrogen-bond acceptors (Lipinski definition) is 4. The molecule has 4 rings (SSSR count). The molecule has 2 amide bonds. The number of rotatable bonds is 8. The first kappa shape index (κ1) is 23.2. The monoisotopic (exact) mass is 455 g/mol. The fourth-order valence-corrected chi connectivity index (χ4v) is 4.65. The Balaban J connectivity index is 1.81. The van der Waals surface area contributed by atoms with Gasteiger partial charge in [0.25, 0.3) is 0 Å². The summed E-state index contributed by atoms with van der Waals surface area (Å²) in [5.41, 5.74) is 8.07. The number of carbonyl (C=O) groups excluding carboxylic acids is 2. The van der Waals surface area contributed by atoms with Gasteiger partial charge in [0.2, 0.25) is 11.8 Å². The van der Waals surface area contributed by atoms with Gasteiger partial charge in [-0.25, -0.2) is 0 Å². The molecular weight excluding hydrogens is 426 g/mol. The number of amides is 2. The highest BCUT2D eigenvalue weighted by atomic mass is 16.6. The molecule has 34 heavy (non-hydrogen) atoms. The molecule has 0 aliphatic carbocycles. The summed E-state index contributed by atoms with van der Waals surface area (Å²) in [6.07, 6.45) is 0.537. The normalized spacial score (nSPS) is 18.9. The Labute approximate surface area is 200 Å². The van der Waals surface area contributed by atoms with Gasteiger partial charge in [0.05, 0.1) is 18.2 Å². The van der Waals surface area contributed by atoms with Crippen LogP contribution < -0.4 is 5.73 Å². The highest BCUT2D eigenvalue weighted by molar-refractivity contribution is 6.05. The van der Waals surface area contributed by atoms with Gasteiger partial charge in [0, 0.05) is 12.8 Å². The number of oxime groups is 1. The minimum atomic E-state index is -1.24. The summed E-state index contributed by atoms with van der Waals surface area (Å²) in [6.45, 7) is 2.43. The first-order valence-electron chi connectivity index (χ1n) is 11.5. The molecule has 0 aromatic heterocycles. The molecule has 1 aliphatic rings. The summed E-state index contributed by atoms with van der Waals surface area (Å²) in [4.78, 5) is 34.3. The van der Waals surface area contributed by atoms with Crippen molar-refractivity contribution in [2.24, 2.45) is 10.9 Å². The summed E-state index contributed by atoms with van der Waals surface area (Å²) < 4.78 is 0. The van der Waals surface area contributed by atoms with E-state index in [1.807, 2.05) is 97.9 Å². The SMILES string of the molecule is CCON=C1CN(C(=O)C(c2ccccc2)c2ccccc2)C(Cc2ccccc2)(C(N)=O)C1. The van der Waals surface area contributed by atoms with Gasteiger partial charge in [-0.3, -0.25) is 9.59 Å². The number of carbonyl (C=O) groups is 2. The topological polar surface area (TPSA) is 85.0 Å². The molecule has 6 heteroatoms. The van der Waals surface area contributed by atoms with E-state index in [1.165, 1.54) is 0 Å². The highest BCUT2D eigenvalue weighted by Gasteiger charge is 2.52. The molecule has 0 radical (unpaired) electrons.